The molecule has 15 heavy (non-hydrogen) atoms. The van der Waals surface area contributed by atoms with Crippen LogP contribution in [0.25, 0.3) is 0 Å². The molecule has 5 nitrogen and oxygen atoms in total. The molecule has 1 saturated carbocycles. The molecule has 0 aromatic carbocycles. The molecule has 1 fully saturated rings. The number of carboxylic acids is 1. The third-order valence-corrected chi connectivity index (χ3v) is 2.20. The number of aromatic nitrogens is 1. The minimum atomic E-state index is -1.02. The number of carbonyl (C=O) groups is 1. The van der Waals surface area contributed by atoms with E-state index in [-0.39, 0.29) is 18.2 Å². The van der Waals surface area contributed by atoms with Crippen LogP contribution in [0.15, 0.2) is 12.3 Å². The van der Waals surface area contributed by atoms with Gasteiger partial charge in [-0.2, -0.15) is 0 Å². The molecule has 0 atom stereocenters. The number of pyridine rings is 1. The molecule has 1 aliphatic carbocycles. The summed E-state index contributed by atoms with van der Waals surface area (Å²) in [5.74, 6) is -0.517. The summed E-state index contributed by atoms with van der Waals surface area (Å²) in [5.41, 5.74) is 5.89. The van der Waals surface area contributed by atoms with E-state index in [1.165, 1.54) is 12.3 Å². The normalized spacial score (nSPS) is 15.0. The Morgan fingerprint density at radius 3 is 2.93 bits per heavy atom. The highest BCUT2D eigenvalue weighted by atomic mass is 16.5. The number of aromatic carboxylic acids is 1. The third-order valence-electron chi connectivity index (χ3n) is 2.20. The van der Waals surface area contributed by atoms with Gasteiger partial charge in [0.15, 0.2) is 0 Å². The Labute approximate surface area is 86.9 Å². The van der Waals surface area contributed by atoms with Crippen LogP contribution in [0, 0.1) is 0 Å². The zero-order valence-corrected chi connectivity index (χ0v) is 8.14. The Morgan fingerprint density at radius 2 is 2.40 bits per heavy atom. The van der Waals surface area contributed by atoms with E-state index >= 15 is 0 Å². The van der Waals surface area contributed by atoms with Gasteiger partial charge in [-0.3, -0.25) is 4.98 Å². The summed E-state index contributed by atoms with van der Waals surface area (Å²) in [6.45, 7) is 0.116. The molecular weight excluding hydrogens is 196 g/mol. The molecule has 1 aromatic heterocycles. The summed E-state index contributed by atoms with van der Waals surface area (Å²) in [7, 11) is 0. The van der Waals surface area contributed by atoms with Crippen LogP contribution in [0.3, 0.4) is 0 Å². The standard InChI is InChI=1S/C10H12N2O3/c11-4-9-8(10(13)14)3-7(5-12-9)15-6-1-2-6/h3,5-6H,1-2,4,11H2,(H,13,14). The van der Waals surface area contributed by atoms with Crippen molar-refractivity contribution in [2.45, 2.75) is 25.5 Å². The van der Waals surface area contributed by atoms with Crippen molar-refractivity contribution in [1.82, 2.24) is 4.98 Å². The van der Waals surface area contributed by atoms with Crippen molar-refractivity contribution in [2.75, 3.05) is 0 Å². The van der Waals surface area contributed by atoms with Crippen LogP contribution in [0.5, 0.6) is 5.75 Å². The number of ether oxygens (including phenoxy) is 1. The van der Waals surface area contributed by atoms with E-state index in [0.717, 1.165) is 12.8 Å². The highest BCUT2D eigenvalue weighted by molar-refractivity contribution is 5.89. The fourth-order valence-electron chi connectivity index (χ4n) is 1.26. The Bertz CT molecular complexity index is 388. The first kappa shape index (κ1) is 9.92. The van der Waals surface area contributed by atoms with Crippen molar-refractivity contribution >= 4 is 5.97 Å². The van der Waals surface area contributed by atoms with E-state index in [0.29, 0.717) is 11.4 Å². The Hall–Kier alpha value is -1.62. The van der Waals surface area contributed by atoms with Crippen molar-refractivity contribution in [3.63, 3.8) is 0 Å². The lowest BCUT2D eigenvalue weighted by Gasteiger charge is -2.07. The summed E-state index contributed by atoms with van der Waals surface area (Å²) >= 11 is 0. The second-order valence-corrected chi connectivity index (χ2v) is 3.49. The third kappa shape index (κ3) is 2.24. The van der Waals surface area contributed by atoms with Crippen molar-refractivity contribution in [3.8, 4) is 5.75 Å². The lowest BCUT2D eigenvalue weighted by molar-refractivity contribution is 0.0694. The Balaban J connectivity index is 2.26. The molecule has 0 unspecified atom stereocenters. The molecule has 0 saturated heterocycles. The number of hydrogen-bond acceptors (Lipinski definition) is 4. The van der Waals surface area contributed by atoms with Gasteiger partial charge in [0, 0.05) is 6.54 Å². The summed E-state index contributed by atoms with van der Waals surface area (Å²) in [6, 6.07) is 1.48. The average molecular weight is 208 g/mol. The van der Waals surface area contributed by atoms with Crippen LogP contribution in [0.2, 0.25) is 0 Å². The zero-order chi connectivity index (χ0) is 10.8. The van der Waals surface area contributed by atoms with Gasteiger partial charge in [0.05, 0.1) is 23.6 Å². The molecule has 0 spiro atoms. The molecule has 3 N–H and O–H groups in total. The summed E-state index contributed by atoms with van der Waals surface area (Å²) in [5, 5.41) is 8.92. The lowest BCUT2D eigenvalue weighted by Crippen LogP contribution is -2.10. The second-order valence-electron chi connectivity index (χ2n) is 3.49. The van der Waals surface area contributed by atoms with Gasteiger partial charge < -0.3 is 15.6 Å². The Kier molecular flexibility index (Phi) is 2.55. The predicted molar refractivity (Wildman–Crippen MR) is 52.7 cm³/mol. The summed E-state index contributed by atoms with van der Waals surface area (Å²) < 4.78 is 5.45. The maximum Gasteiger partial charge on any atom is 0.337 e. The van der Waals surface area contributed by atoms with Crippen LogP contribution < -0.4 is 10.5 Å². The van der Waals surface area contributed by atoms with Gasteiger partial charge in [0.25, 0.3) is 0 Å². The van der Waals surface area contributed by atoms with Gasteiger partial charge in [-0.25, -0.2) is 4.79 Å². The van der Waals surface area contributed by atoms with Crippen LogP contribution >= 0.6 is 0 Å². The molecule has 0 radical (unpaired) electrons. The van der Waals surface area contributed by atoms with Crippen LogP contribution in [0.4, 0.5) is 0 Å². The summed E-state index contributed by atoms with van der Waals surface area (Å²) in [4.78, 5) is 14.9. The molecular formula is C10H12N2O3. The monoisotopic (exact) mass is 208 g/mol. The van der Waals surface area contributed by atoms with Crippen molar-refractivity contribution in [3.05, 3.63) is 23.5 Å². The van der Waals surface area contributed by atoms with E-state index in [2.05, 4.69) is 4.98 Å². The van der Waals surface area contributed by atoms with Gasteiger partial charge in [0.2, 0.25) is 0 Å². The van der Waals surface area contributed by atoms with E-state index in [1.54, 1.807) is 0 Å². The lowest BCUT2D eigenvalue weighted by atomic mass is 10.2. The van der Waals surface area contributed by atoms with E-state index < -0.39 is 5.97 Å². The number of rotatable bonds is 4. The maximum atomic E-state index is 10.9. The largest absolute Gasteiger partial charge is 0.489 e. The van der Waals surface area contributed by atoms with Gasteiger partial charge >= 0.3 is 5.97 Å². The van der Waals surface area contributed by atoms with Gasteiger partial charge in [-0.15, -0.1) is 0 Å². The quantitative estimate of drug-likeness (QED) is 0.763. The topological polar surface area (TPSA) is 85.4 Å². The van der Waals surface area contributed by atoms with Gasteiger partial charge in [-0.05, 0) is 18.9 Å². The number of nitrogens with two attached hydrogens (primary N) is 1. The minimum Gasteiger partial charge on any atom is -0.489 e. The number of nitrogens with zero attached hydrogens (tertiary/aromatic N) is 1. The highest BCUT2D eigenvalue weighted by Crippen LogP contribution is 2.27. The molecule has 2 rings (SSSR count). The van der Waals surface area contributed by atoms with Gasteiger partial charge in [-0.1, -0.05) is 0 Å². The van der Waals surface area contributed by atoms with E-state index in [1.807, 2.05) is 0 Å². The SMILES string of the molecule is NCc1ncc(OC2CC2)cc1C(=O)O. The Morgan fingerprint density at radius 1 is 1.67 bits per heavy atom. The van der Waals surface area contributed by atoms with Crippen molar-refractivity contribution in [1.29, 1.82) is 0 Å². The first-order valence-corrected chi connectivity index (χ1v) is 4.79. The first-order valence-electron chi connectivity index (χ1n) is 4.79. The molecule has 0 bridgehead atoms. The number of hydrogen-bond donors (Lipinski definition) is 2. The van der Waals surface area contributed by atoms with E-state index in [4.69, 9.17) is 15.6 Å². The molecule has 1 aliphatic rings. The van der Waals surface area contributed by atoms with Crippen LogP contribution in [0.1, 0.15) is 28.9 Å². The average Bonchev–Trinajstić information content (AvgIpc) is 3.01. The second kappa shape index (κ2) is 3.86. The minimum absolute atomic E-state index is 0.116. The van der Waals surface area contributed by atoms with Crippen LogP contribution in [-0.4, -0.2) is 22.2 Å². The zero-order valence-electron chi connectivity index (χ0n) is 8.14. The number of carboxylic acid groups (broad SMARTS) is 1. The maximum absolute atomic E-state index is 10.9. The van der Waals surface area contributed by atoms with Crippen molar-refractivity contribution in [2.24, 2.45) is 5.73 Å². The molecule has 0 amide bonds. The summed E-state index contributed by atoms with van der Waals surface area (Å²) in [6.07, 6.45) is 3.81. The molecule has 5 heteroatoms. The smallest absolute Gasteiger partial charge is 0.337 e. The van der Waals surface area contributed by atoms with Gasteiger partial charge in [0.1, 0.15) is 5.75 Å². The predicted octanol–water partition coefficient (Wildman–Crippen LogP) is 0.780. The molecule has 1 aromatic rings. The van der Waals surface area contributed by atoms with Crippen LogP contribution in [-0.2, 0) is 6.54 Å². The fourth-order valence-corrected chi connectivity index (χ4v) is 1.26. The molecule has 0 aliphatic heterocycles. The first-order chi connectivity index (χ1) is 7.20. The molecule has 1 heterocycles. The fraction of sp³-hybridized carbons (Fsp3) is 0.400. The molecule has 80 valence electrons. The van der Waals surface area contributed by atoms with Crippen molar-refractivity contribution < 1.29 is 14.6 Å². The highest BCUT2D eigenvalue weighted by Gasteiger charge is 2.24. The van der Waals surface area contributed by atoms with E-state index in [9.17, 15) is 4.79 Å².